The average molecular weight is 205 g/mol. The van der Waals surface area contributed by atoms with Gasteiger partial charge in [0.15, 0.2) is 0 Å². The maximum absolute atomic E-state index is 5.29. The number of hydrogen-bond donors (Lipinski definition) is 1. The van der Waals surface area contributed by atoms with Crippen LogP contribution >= 0.6 is 0 Å². The SMILES string of the molecule is C[CH]([Sn])CCCN. The molecule has 0 saturated heterocycles. The summed E-state index contributed by atoms with van der Waals surface area (Å²) in [5.74, 6) is 0. The van der Waals surface area contributed by atoms with E-state index >= 15 is 0 Å². The molecule has 0 aliphatic carbocycles. The van der Waals surface area contributed by atoms with Gasteiger partial charge in [-0.15, -0.1) is 0 Å². The van der Waals surface area contributed by atoms with Gasteiger partial charge in [-0.3, -0.25) is 0 Å². The van der Waals surface area contributed by atoms with Gasteiger partial charge in [-0.05, 0) is 0 Å². The van der Waals surface area contributed by atoms with Crippen LogP contribution in [0.4, 0.5) is 0 Å². The zero-order valence-electron chi connectivity index (χ0n) is 4.78. The average Bonchev–Trinajstić information content (AvgIpc) is 1.61. The number of nitrogens with two attached hydrogens (primary N) is 1. The first-order valence-corrected chi connectivity index (χ1v) is 4.33. The molecule has 0 saturated carbocycles. The Bertz CT molecular complexity index is 37.1. The Balaban J connectivity index is 2.68. The normalized spacial score (nSPS) is 14.1. The molecule has 0 aliphatic rings. The summed E-state index contributed by atoms with van der Waals surface area (Å²) >= 11 is 1.64. The van der Waals surface area contributed by atoms with E-state index in [9.17, 15) is 0 Å². The van der Waals surface area contributed by atoms with E-state index in [1.165, 1.54) is 12.8 Å². The molecule has 2 heteroatoms. The van der Waals surface area contributed by atoms with E-state index in [-0.39, 0.29) is 0 Å². The Morgan fingerprint density at radius 3 is 2.43 bits per heavy atom. The quantitative estimate of drug-likeness (QED) is 0.674. The van der Waals surface area contributed by atoms with Crippen LogP contribution in [0.1, 0.15) is 19.8 Å². The summed E-state index contributed by atoms with van der Waals surface area (Å²) in [6.07, 6.45) is 2.52. The van der Waals surface area contributed by atoms with Crippen molar-refractivity contribution in [3.63, 3.8) is 0 Å². The number of hydrogen-bond acceptors (Lipinski definition) is 1. The van der Waals surface area contributed by atoms with Gasteiger partial charge in [-0.25, -0.2) is 0 Å². The maximum atomic E-state index is 5.29. The van der Waals surface area contributed by atoms with E-state index in [1.54, 1.807) is 22.5 Å². The minimum absolute atomic E-state index is 0.860. The molecular formula is C5H12NSn. The first-order chi connectivity index (χ1) is 3.27. The molecule has 0 heterocycles. The molecule has 41 valence electrons. The minimum atomic E-state index is 0.860. The third-order valence-electron chi connectivity index (χ3n) is 0.841. The molecule has 0 aromatic carbocycles. The summed E-state index contributed by atoms with van der Waals surface area (Å²) in [4.78, 5) is 0. The van der Waals surface area contributed by atoms with Gasteiger partial charge in [0.25, 0.3) is 0 Å². The van der Waals surface area contributed by atoms with Crippen LogP contribution in [0.3, 0.4) is 0 Å². The molecule has 1 atom stereocenters. The molecular weight excluding hydrogens is 193 g/mol. The van der Waals surface area contributed by atoms with Crippen molar-refractivity contribution in [1.82, 2.24) is 0 Å². The van der Waals surface area contributed by atoms with Crippen LogP contribution in [0, 0.1) is 0 Å². The van der Waals surface area contributed by atoms with Crippen LogP contribution in [0.5, 0.6) is 0 Å². The van der Waals surface area contributed by atoms with Gasteiger partial charge in [-0.1, -0.05) is 0 Å². The van der Waals surface area contributed by atoms with Crippen molar-refractivity contribution in [1.29, 1.82) is 0 Å². The molecule has 1 unspecified atom stereocenters. The van der Waals surface area contributed by atoms with E-state index in [1.807, 2.05) is 0 Å². The van der Waals surface area contributed by atoms with Crippen LogP contribution < -0.4 is 5.73 Å². The molecule has 0 aliphatic heterocycles. The summed E-state index contributed by atoms with van der Waals surface area (Å²) in [6, 6.07) is 0. The Hall–Kier alpha value is 0.759. The first kappa shape index (κ1) is 7.76. The molecule has 0 amide bonds. The third-order valence-corrected chi connectivity index (χ3v) is 1.67. The van der Waals surface area contributed by atoms with Gasteiger partial charge < -0.3 is 0 Å². The molecule has 7 heavy (non-hydrogen) atoms. The second kappa shape index (κ2) is 4.91. The Morgan fingerprint density at radius 2 is 2.29 bits per heavy atom. The van der Waals surface area contributed by atoms with Crippen molar-refractivity contribution in [3.05, 3.63) is 0 Å². The summed E-state index contributed by atoms with van der Waals surface area (Å²) < 4.78 is 0.913. The summed E-state index contributed by atoms with van der Waals surface area (Å²) in [5.41, 5.74) is 5.29. The molecule has 1 nitrogen and oxygen atoms in total. The standard InChI is InChI=1S/C5H12N.Sn/c1-2-3-4-5-6;/h2H,3-6H2,1H3;. The molecule has 0 aromatic heterocycles. The summed E-state index contributed by atoms with van der Waals surface area (Å²) in [6.45, 7) is 3.12. The van der Waals surface area contributed by atoms with E-state index in [0.717, 1.165) is 10.5 Å². The predicted octanol–water partition coefficient (Wildman–Crippen LogP) is 0.702. The summed E-state index contributed by atoms with van der Waals surface area (Å²) in [7, 11) is 0. The van der Waals surface area contributed by atoms with E-state index in [0.29, 0.717) is 0 Å². The van der Waals surface area contributed by atoms with Crippen molar-refractivity contribution in [2.75, 3.05) is 6.54 Å². The van der Waals surface area contributed by atoms with Crippen molar-refractivity contribution in [2.24, 2.45) is 5.73 Å². The Morgan fingerprint density at radius 1 is 1.71 bits per heavy atom. The van der Waals surface area contributed by atoms with Crippen LogP contribution in [-0.2, 0) is 0 Å². The van der Waals surface area contributed by atoms with E-state index in [2.05, 4.69) is 6.92 Å². The first-order valence-electron chi connectivity index (χ1n) is 2.68. The van der Waals surface area contributed by atoms with Crippen LogP contribution in [0.2, 0.25) is 3.93 Å². The fraction of sp³-hybridized carbons (Fsp3) is 1.00. The van der Waals surface area contributed by atoms with Gasteiger partial charge in [-0.2, -0.15) is 0 Å². The van der Waals surface area contributed by atoms with Gasteiger partial charge in [0, 0.05) is 0 Å². The third kappa shape index (κ3) is 6.76. The van der Waals surface area contributed by atoms with Crippen LogP contribution in [-0.4, -0.2) is 29.1 Å². The van der Waals surface area contributed by atoms with Crippen LogP contribution in [0.15, 0.2) is 0 Å². The molecule has 3 radical (unpaired) electrons. The Labute approximate surface area is 58.7 Å². The Kier molecular flexibility index (Phi) is 5.44. The van der Waals surface area contributed by atoms with Crippen molar-refractivity contribution < 1.29 is 0 Å². The fourth-order valence-corrected chi connectivity index (χ4v) is 1.01. The van der Waals surface area contributed by atoms with Gasteiger partial charge in [0.05, 0.1) is 0 Å². The fourth-order valence-electron chi connectivity index (χ4n) is 0.424. The predicted molar refractivity (Wildman–Crippen MR) is 33.5 cm³/mol. The monoisotopic (exact) mass is 206 g/mol. The van der Waals surface area contributed by atoms with Crippen molar-refractivity contribution in [2.45, 2.75) is 23.7 Å². The van der Waals surface area contributed by atoms with Gasteiger partial charge in [0.1, 0.15) is 0 Å². The molecule has 2 N–H and O–H groups in total. The topological polar surface area (TPSA) is 26.0 Å². The number of rotatable bonds is 3. The molecule has 0 spiro atoms. The van der Waals surface area contributed by atoms with Gasteiger partial charge in [0.2, 0.25) is 0 Å². The molecule has 0 rings (SSSR count). The molecule has 0 aromatic rings. The van der Waals surface area contributed by atoms with E-state index < -0.39 is 0 Å². The van der Waals surface area contributed by atoms with Crippen LogP contribution in [0.25, 0.3) is 0 Å². The van der Waals surface area contributed by atoms with Gasteiger partial charge >= 0.3 is 58.5 Å². The molecule has 0 fully saturated rings. The zero-order chi connectivity index (χ0) is 5.70. The summed E-state index contributed by atoms with van der Waals surface area (Å²) in [5, 5.41) is 0. The van der Waals surface area contributed by atoms with E-state index in [4.69, 9.17) is 5.73 Å². The second-order valence-electron chi connectivity index (χ2n) is 1.83. The zero-order valence-corrected chi connectivity index (χ0v) is 7.63. The second-order valence-corrected chi connectivity index (χ2v) is 4.64. The van der Waals surface area contributed by atoms with Crippen molar-refractivity contribution >= 4 is 22.5 Å². The molecule has 0 bridgehead atoms. The van der Waals surface area contributed by atoms with Crippen molar-refractivity contribution in [3.8, 4) is 0 Å².